The highest BCUT2D eigenvalue weighted by atomic mass is 19.1. The van der Waals surface area contributed by atoms with Gasteiger partial charge in [-0.2, -0.15) is 0 Å². The number of halogens is 2. The lowest BCUT2D eigenvalue weighted by atomic mass is 10.0. The van der Waals surface area contributed by atoms with Crippen LogP contribution in [0.5, 0.6) is 5.75 Å². The van der Waals surface area contributed by atoms with Crippen LogP contribution in [0.3, 0.4) is 0 Å². The molecule has 3 N–H and O–H groups in total. The molecular formula is C25H33F2N3O5. The van der Waals surface area contributed by atoms with Crippen molar-refractivity contribution in [2.24, 2.45) is 0 Å². The summed E-state index contributed by atoms with van der Waals surface area (Å²) in [5.74, 6) is -1.13. The van der Waals surface area contributed by atoms with E-state index in [0.29, 0.717) is 12.3 Å². The van der Waals surface area contributed by atoms with Crippen LogP contribution in [0.2, 0.25) is 0 Å². The first kappa shape index (κ1) is 28.0. The first-order valence-corrected chi connectivity index (χ1v) is 11.1. The Morgan fingerprint density at radius 1 is 1.06 bits per heavy atom. The first-order chi connectivity index (χ1) is 16.3. The van der Waals surface area contributed by atoms with Crippen LogP contribution in [0.15, 0.2) is 42.5 Å². The quantitative estimate of drug-likeness (QED) is 0.494. The van der Waals surface area contributed by atoms with Crippen molar-refractivity contribution in [3.8, 4) is 5.75 Å². The van der Waals surface area contributed by atoms with E-state index in [0.717, 1.165) is 23.8 Å². The number of amides is 2. The number of carbonyl (C=O) groups excluding carboxylic acids is 2. The van der Waals surface area contributed by atoms with E-state index < -0.39 is 41.6 Å². The zero-order valence-electron chi connectivity index (χ0n) is 20.6. The van der Waals surface area contributed by atoms with Crippen molar-refractivity contribution in [3.05, 3.63) is 65.2 Å². The van der Waals surface area contributed by atoms with Crippen LogP contribution < -0.4 is 15.4 Å². The summed E-state index contributed by atoms with van der Waals surface area (Å²) >= 11 is 0. The van der Waals surface area contributed by atoms with Crippen LogP contribution in [-0.4, -0.2) is 60.6 Å². The van der Waals surface area contributed by atoms with Gasteiger partial charge < -0.3 is 30.1 Å². The fourth-order valence-corrected chi connectivity index (χ4v) is 3.14. The number of nitrogens with one attached hydrogen (secondary N) is 2. The summed E-state index contributed by atoms with van der Waals surface area (Å²) in [5, 5.41) is 16.4. The number of carbonyl (C=O) groups is 2. The molecule has 1 unspecified atom stereocenters. The minimum absolute atomic E-state index is 0.0211. The number of alkyl carbamates (subject to hydrolysis) is 1. The van der Waals surface area contributed by atoms with Crippen molar-refractivity contribution < 1.29 is 33.0 Å². The van der Waals surface area contributed by atoms with Gasteiger partial charge in [-0.3, -0.25) is 0 Å². The highest BCUT2D eigenvalue weighted by Gasteiger charge is 2.25. The van der Waals surface area contributed by atoms with Crippen molar-refractivity contribution in [2.45, 2.75) is 51.5 Å². The van der Waals surface area contributed by atoms with Crippen LogP contribution in [0.1, 0.15) is 31.9 Å². The Morgan fingerprint density at radius 2 is 1.71 bits per heavy atom. The maximum absolute atomic E-state index is 13.6. The van der Waals surface area contributed by atoms with E-state index in [-0.39, 0.29) is 18.5 Å². The Labute approximate surface area is 204 Å². The number of hydrogen-bond donors (Lipinski definition) is 3. The molecule has 2 amide bonds. The van der Waals surface area contributed by atoms with Gasteiger partial charge in [0.05, 0.1) is 12.1 Å². The summed E-state index contributed by atoms with van der Waals surface area (Å²) in [6.45, 7) is 5.49. The van der Waals surface area contributed by atoms with Crippen molar-refractivity contribution in [1.82, 2.24) is 15.5 Å². The third-order valence-electron chi connectivity index (χ3n) is 4.70. The number of benzene rings is 2. The lowest BCUT2D eigenvalue weighted by Gasteiger charge is -2.27. The van der Waals surface area contributed by atoms with Gasteiger partial charge in [-0.15, -0.1) is 0 Å². The number of nitrogens with zero attached hydrogens (tertiary/aromatic N) is 1. The zero-order valence-corrected chi connectivity index (χ0v) is 20.6. The molecule has 2 rings (SSSR count). The van der Waals surface area contributed by atoms with Gasteiger partial charge in [-0.1, -0.05) is 12.1 Å². The first-order valence-electron chi connectivity index (χ1n) is 11.1. The molecule has 0 aromatic heterocycles. The molecule has 0 bridgehead atoms. The lowest BCUT2D eigenvalue weighted by molar-refractivity contribution is 0.0422. The van der Waals surface area contributed by atoms with E-state index in [1.165, 1.54) is 4.90 Å². The van der Waals surface area contributed by atoms with Crippen LogP contribution in [0.4, 0.5) is 18.4 Å². The van der Waals surface area contributed by atoms with Gasteiger partial charge in [0.15, 0.2) is 0 Å². The van der Waals surface area contributed by atoms with Gasteiger partial charge in [0.1, 0.15) is 23.0 Å². The lowest BCUT2D eigenvalue weighted by Crippen LogP contribution is -2.49. The van der Waals surface area contributed by atoms with Crippen molar-refractivity contribution in [1.29, 1.82) is 0 Å². The number of rotatable bonds is 9. The summed E-state index contributed by atoms with van der Waals surface area (Å²) in [6.07, 6.45) is -2.39. The second-order valence-electron chi connectivity index (χ2n) is 9.34. The molecule has 0 aliphatic carbocycles. The Bertz CT molecular complexity index is 991. The summed E-state index contributed by atoms with van der Waals surface area (Å²) in [6, 6.07) is 9.05. The molecule has 0 aliphatic heterocycles. The van der Waals surface area contributed by atoms with Gasteiger partial charge >= 0.3 is 12.2 Å². The molecule has 0 heterocycles. The minimum Gasteiger partial charge on any atom is -0.444 e. The van der Waals surface area contributed by atoms with E-state index in [1.54, 1.807) is 53.1 Å². The number of aliphatic hydroxyl groups excluding tert-OH is 1. The van der Waals surface area contributed by atoms with Gasteiger partial charge in [-0.05, 0) is 62.6 Å². The zero-order chi connectivity index (χ0) is 26.2. The Morgan fingerprint density at radius 3 is 2.31 bits per heavy atom. The van der Waals surface area contributed by atoms with Crippen LogP contribution >= 0.6 is 0 Å². The summed E-state index contributed by atoms with van der Waals surface area (Å²) in [5.41, 5.74) is 0.312. The third-order valence-corrected chi connectivity index (χ3v) is 4.70. The molecule has 0 fully saturated rings. The van der Waals surface area contributed by atoms with E-state index in [1.807, 2.05) is 6.07 Å². The molecule has 2 aromatic carbocycles. The molecule has 0 spiro atoms. The average molecular weight is 494 g/mol. The van der Waals surface area contributed by atoms with Crippen LogP contribution in [0, 0.1) is 11.6 Å². The summed E-state index contributed by atoms with van der Waals surface area (Å²) in [4.78, 5) is 25.3. The fraction of sp³-hybridized carbons (Fsp3) is 0.440. The van der Waals surface area contributed by atoms with Gasteiger partial charge in [0, 0.05) is 33.3 Å². The number of ether oxygens (including phenoxy) is 2. The topological polar surface area (TPSA) is 100 Å². The average Bonchev–Trinajstić information content (AvgIpc) is 2.71. The highest BCUT2D eigenvalue weighted by Crippen LogP contribution is 2.15. The maximum Gasteiger partial charge on any atom is 0.414 e. The van der Waals surface area contributed by atoms with Gasteiger partial charge in [0.25, 0.3) is 0 Å². The monoisotopic (exact) mass is 493 g/mol. The summed E-state index contributed by atoms with van der Waals surface area (Å²) in [7, 11) is 3.16. The predicted octanol–water partition coefficient (Wildman–Crippen LogP) is 3.61. The van der Waals surface area contributed by atoms with Crippen molar-refractivity contribution in [2.75, 3.05) is 20.6 Å². The smallest absolute Gasteiger partial charge is 0.414 e. The molecule has 0 radical (unpaired) electrons. The summed E-state index contributed by atoms with van der Waals surface area (Å²) < 4.78 is 37.8. The standard InChI is InChI=1S/C25H33F2N3O5/c1-25(2,3)35-23(32)29-21(12-17-9-18(26)13-19(27)10-17)22(31)15-28-14-16-7-6-8-20(11-16)34-24(33)30(4)5/h6-11,13,21-22,28,31H,12,14-15H2,1-5H3,(H,29,32)/t21-,22?/m0/s1. The van der Waals surface area contributed by atoms with Crippen molar-refractivity contribution in [3.63, 3.8) is 0 Å². The SMILES string of the molecule is CN(C)C(=O)Oc1cccc(CNCC(O)[C@H](Cc2cc(F)cc(F)c2)NC(=O)OC(C)(C)C)c1. The van der Waals surface area contributed by atoms with Crippen LogP contribution in [0.25, 0.3) is 0 Å². The molecule has 10 heteroatoms. The van der Waals surface area contributed by atoms with Gasteiger partial charge in [-0.25, -0.2) is 18.4 Å². The normalized spacial score (nSPS) is 13.0. The molecule has 0 saturated heterocycles. The molecule has 0 aliphatic rings. The number of aliphatic hydroxyl groups is 1. The molecule has 2 aromatic rings. The largest absolute Gasteiger partial charge is 0.444 e. The molecule has 2 atom stereocenters. The van der Waals surface area contributed by atoms with Gasteiger partial charge in [0.2, 0.25) is 0 Å². The Kier molecular flexibility index (Phi) is 9.97. The van der Waals surface area contributed by atoms with E-state index in [2.05, 4.69) is 10.6 Å². The van der Waals surface area contributed by atoms with E-state index in [9.17, 15) is 23.5 Å². The Balaban J connectivity index is 2.04. The fourth-order valence-electron chi connectivity index (χ4n) is 3.14. The van der Waals surface area contributed by atoms with E-state index >= 15 is 0 Å². The molecule has 0 saturated carbocycles. The highest BCUT2D eigenvalue weighted by molar-refractivity contribution is 5.70. The predicted molar refractivity (Wildman–Crippen MR) is 127 cm³/mol. The van der Waals surface area contributed by atoms with E-state index in [4.69, 9.17) is 9.47 Å². The molecular weight excluding hydrogens is 460 g/mol. The second kappa shape index (κ2) is 12.5. The minimum atomic E-state index is -1.11. The molecule has 8 nitrogen and oxygen atoms in total. The Hall–Kier alpha value is -3.24. The second-order valence-corrected chi connectivity index (χ2v) is 9.34. The third kappa shape index (κ3) is 10.3. The molecule has 35 heavy (non-hydrogen) atoms. The molecule has 192 valence electrons. The maximum atomic E-state index is 13.6. The van der Waals surface area contributed by atoms with Crippen molar-refractivity contribution >= 4 is 12.2 Å². The number of hydrogen-bond acceptors (Lipinski definition) is 6. The van der Waals surface area contributed by atoms with Crippen LogP contribution in [-0.2, 0) is 17.7 Å².